The van der Waals surface area contributed by atoms with E-state index < -0.39 is 5.60 Å². The molecule has 1 aliphatic heterocycles. The fourth-order valence-electron chi connectivity index (χ4n) is 4.56. The number of carbonyl (C=O) groups is 1. The zero-order chi connectivity index (χ0) is 19.3. The van der Waals surface area contributed by atoms with Crippen LogP contribution in [0.5, 0.6) is 0 Å². The van der Waals surface area contributed by atoms with E-state index in [1.165, 1.54) is 0 Å². The third kappa shape index (κ3) is 2.06. The van der Waals surface area contributed by atoms with Crippen LogP contribution < -0.4 is 0 Å². The lowest BCUT2D eigenvalue weighted by atomic mass is 9.81. The van der Waals surface area contributed by atoms with Crippen molar-refractivity contribution in [2.45, 2.75) is 26.0 Å². The van der Waals surface area contributed by atoms with Crippen LogP contribution in [-0.2, 0) is 16.9 Å². The Labute approximate surface area is 163 Å². The van der Waals surface area contributed by atoms with Crippen molar-refractivity contribution >= 4 is 16.9 Å². The Morgan fingerprint density at radius 2 is 1.75 bits per heavy atom. The van der Waals surface area contributed by atoms with Crippen molar-refractivity contribution in [2.75, 3.05) is 0 Å². The third-order valence-corrected chi connectivity index (χ3v) is 5.69. The minimum atomic E-state index is -1.06. The second-order valence-electron chi connectivity index (χ2n) is 7.06. The summed E-state index contributed by atoms with van der Waals surface area (Å²) in [6.07, 6.45) is 1.73. The van der Waals surface area contributed by atoms with Crippen LogP contribution in [0.15, 0.2) is 72.9 Å². The molecule has 5 rings (SSSR count). The molecule has 0 spiro atoms. The number of carbonyl (C=O) groups excluding carboxylic acids is 1. The highest BCUT2D eigenvalue weighted by molar-refractivity contribution is 5.98. The molecule has 138 valence electrons. The van der Waals surface area contributed by atoms with Gasteiger partial charge in [0.15, 0.2) is 0 Å². The molecular weight excluding hydrogens is 348 g/mol. The maximum absolute atomic E-state index is 12.9. The van der Waals surface area contributed by atoms with Crippen molar-refractivity contribution in [3.05, 3.63) is 101 Å². The maximum Gasteiger partial charge on any atom is 0.341 e. The number of esters is 1. The SMILES string of the molecule is CCn1c(C)c(C2(c3ccccc3)OC(=O)c3cccnc32)c2ccccc21. The lowest BCUT2D eigenvalue weighted by Crippen LogP contribution is -2.31. The van der Waals surface area contributed by atoms with Gasteiger partial charge in [0, 0.05) is 40.5 Å². The Balaban J connectivity index is 1.96. The summed E-state index contributed by atoms with van der Waals surface area (Å²) in [7, 11) is 0. The standard InChI is InChI=1S/C24H20N2O2/c1-3-26-16(2)21(18-12-7-8-14-20(18)26)24(17-10-5-4-6-11-17)22-19(23(27)28-24)13-9-15-25-22/h4-15H,3H2,1-2H3. The summed E-state index contributed by atoms with van der Waals surface area (Å²) in [5.74, 6) is -0.334. The summed E-state index contributed by atoms with van der Waals surface area (Å²) in [6, 6.07) is 21.8. The number of ether oxygens (including phenoxy) is 1. The Kier molecular flexibility index (Phi) is 3.63. The molecule has 0 radical (unpaired) electrons. The molecule has 28 heavy (non-hydrogen) atoms. The number of aromatic nitrogens is 2. The molecule has 3 heterocycles. The molecule has 0 amide bonds. The topological polar surface area (TPSA) is 44.1 Å². The van der Waals surface area contributed by atoms with E-state index in [0.717, 1.165) is 34.3 Å². The molecule has 1 unspecified atom stereocenters. The molecule has 0 fully saturated rings. The number of hydrogen-bond acceptors (Lipinski definition) is 3. The van der Waals surface area contributed by atoms with Gasteiger partial charge >= 0.3 is 5.97 Å². The van der Waals surface area contributed by atoms with Gasteiger partial charge in [-0.05, 0) is 32.0 Å². The number of cyclic esters (lactones) is 1. The van der Waals surface area contributed by atoms with Crippen molar-refractivity contribution < 1.29 is 9.53 Å². The lowest BCUT2D eigenvalue weighted by molar-refractivity contribution is 0.0245. The molecule has 4 heteroatoms. The van der Waals surface area contributed by atoms with Crippen molar-refractivity contribution in [3.8, 4) is 0 Å². The van der Waals surface area contributed by atoms with Gasteiger partial charge in [-0.15, -0.1) is 0 Å². The van der Waals surface area contributed by atoms with Crippen LogP contribution in [0, 0.1) is 6.92 Å². The highest BCUT2D eigenvalue weighted by Gasteiger charge is 2.52. The van der Waals surface area contributed by atoms with Crippen molar-refractivity contribution in [3.63, 3.8) is 0 Å². The van der Waals surface area contributed by atoms with Crippen LogP contribution in [-0.4, -0.2) is 15.5 Å². The first-order chi connectivity index (χ1) is 13.7. The average Bonchev–Trinajstić information content (AvgIpc) is 3.20. The molecule has 1 atom stereocenters. The Bertz CT molecular complexity index is 1210. The first kappa shape index (κ1) is 16.8. The Morgan fingerprint density at radius 3 is 2.54 bits per heavy atom. The smallest absolute Gasteiger partial charge is 0.341 e. The average molecular weight is 368 g/mol. The minimum Gasteiger partial charge on any atom is -0.439 e. The zero-order valence-corrected chi connectivity index (χ0v) is 15.8. The second kappa shape index (κ2) is 6.06. The van der Waals surface area contributed by atoms with Crippen LogP contribution in [0.25, 0.3) is 10.9 Å². The van der Waals surface area contributed by atoms with Gasteiger partial charge in [-0.25, -0.2) is 4.79 Å². The fourth-order valence-corrected chi connectivity index (χ4v) is 4.56. The van der Waals surface area contributed by atoms with Crippen molar-refractivity contribution in [1.29, 1.82) is 0 Å². The van der Waals surface area contributed by atoms with Crippen molar-refractivity contribution in [1.82, 2.24) is 9.55 Å². The minimum absolute atomic E-state index is 0.334. The molecule has 0 aliphatic carbocycles. The summed E-state index contributed by atoms with van der Waals surface area (Å²) in [5.41, 5.74) is 4.24. The summed E-state index contributed by atoms with van der Waals surface area (Å²) in [6.45, 7) is 5.06. The maximum atomic E-state index is 12.9. The third-order valence-electron chi connectivity index (χ3n) is 5.69. The van der Waals surface area contributed by atoms with Gasteiger partial charge in [0.05, 0.1) is 5.56 Å². The van der Waals surface area contributed by atoms with E-state index in [1.54, 1.807) is 18.3 Å². The zero-order valence-electron chi connectivity index (χ0n) is 15.8. The molecular formula is C24H20N2O2. The molecule has 2 aromatic heterocycles. The first-order valence-electron chi connectivity index (χ1n) is 9.51. The Hall–Kier alpha value is -3.40. The van der Waals surface area contributed by atoms with E-state index in [9.17, 15) is 4.79 Å². The van der Waals surface area contributed by atoms with E-state index in [1.807, 2.05) is 42.5 Å². The first-order valence-corrected chi connectivity index (χ1v) is 9.51. The summed E-state index contributed by atoms with van der Waals surface area (Å²) in [5, 5.41) is 1.08. The molecule has 1 aliphatic rings. The second-order valence-corrected chi connectivity index (χ2v) is 7.06. The van der Waals surface area contributed by atoms with Gasteiger partial charge in [0.25, 0.3) is 0 Å². The highest BCUT2D eigenvalue weighted by atomic mass is 16.6. The van der Waals surface area contributed by atoms with Gasteiger partial charge in [0.2, 0.25) is 5.60 Å². The number of pyridine rings is 1. The predicted molar refractivity (Wildman–Crippen MR) is 108 cm³/mol. The Morgan fingerprint density at radius 1 is 1.00 bits per heavy atom. The molecule has 0 bridgehead atoms. The summed E-state index contributed by atoms with van der Waals surface area (Å²) >= 11 is 0. The van der Waals surface area contributed by atoms with Crippen LogP contribution >= 0.6 is 0 Å². The molecule has 0 N–H and O–H groups in total. The van der Waals surface area contributed by atoms with E-state index in [4.69, 9.17) is 4.74 Å². The van der Waals surface area contributed by atoms with Crippen LogP contribution in [0.1, 0.15) is 39.8 Å². The molecule has 0 saturated carbocycles. The van der Waals surface area contributed by atoms with Crippen LogP contribution in [0.2, 0.25) is 0 Å². The van der Waals surface area contributed by atoms with Crippen LogP contribution in [0.4, 0.5) is 0 Å². The normalized spacial score (nSPS) is 18.3. The largest absolute Gasteiger partial charge is 0.439 e. The van der Waals surface area contributed by atoms with Gasteiger partial charge in [-0.3, -0.25) is 4.98 Å². The van der Waals surface area contributed by atoms with Gasteiger partial charge in [0.1, 0.15) is 5.69 Å². The van der Waals surface area contributed by atoms with Gasteiger partial charge < -0.3 is 9.30 Å². The number of para-hydroxylation sites is 1. The molecule has 4 aromatic rings. The van der Waals surface area contributed by atoms with Gasteiger partial charge in [-0.1, -0.05) is 48.5 Å². The van der Waals surface area contributed by atoms with E-state index >= 15 is 0 Å². The van der Waals surface area contributed by atoms with Crippen LogP contribution in [0.3, 0.4) is 0 Å². The fraction of sp³-hybridized carbons (Fsp3) is 0.167. The number of nitrogens with zero attached hydrogens (tertiary/aromatic N) is 2. The summed E-state index contributed by atoms with van der Waals surface area (Å²) in [4.78, 5) is 17.5. The molecule has 0 saturated heterocycles. The van der Waals surface area contributed by atoms with Crippen molar-refractivity contribution in [2.24, 2.45) is 0 Å². The number of benzene rings is 2. The van der Waals surface area contributed by atoms with E-state index in [2.05, 4.69) is 35.5 Å². The number of fused-ring (bicyclic) bond motifs is 2. The quantitative estimate of drug-likeness (QED) is 0.487. The molecule has 4 nitrogen and oxygen atoms in total. The van der Waals surface area contributed by atoms with Gasteiger partial charge in [-0.2, -0.15) is 0 Å². The highest BCUT2D eigenvalue weighted by Crippen LogP contribution is 2.49. The monoisotopic (exact) mass is 368 g/mol. The number of rotatable bonds is 3. The van der Waals surface area contributed by atoms with E-state index in [-0.39, 0.29) is 5.97 Å². The summed E-state index contributed by atoms with van der Waals surface area (Å²) < 4.78 is 8.49. The lowest BCUT2D eigenvalue weighted by Gasteiger charge is -2.29. The number of hydrogen-bond donors (Lipinski definition) is 0. The molecule has 2 aromatic carbocycles. The predicted octanol–water partition coefficient (Wildman–Crippen LogP) is 4.83. The van der Waals surface area contributed by atoms with E-state index in [0.29, 0.717) is 11.3 Å². The number of aryl methyl sites for hydroxylation is 1.